The van der Waals surface area contributed by atoms with Gasteiger partial charge in [-0.15, -0.1) is 0 Å². The van der Waals surface area contributed by atoms with Gasteiger partial charge in [0.25, 0.3) is 17.7 Å². The molecule has 302 valence electrons. The maximum Gasteiger partial charge on any atom is 0.267 e. The van der Waals surface area contributed by atoms with E-state index in [1.54, 1.807) is 18.2 Å². The van der Waals surface area contributed by atoms with Crippen LogP contribution in [0.4, 0.5) is 28.1 Å². The number of aryl methyl sites for hydroxylation is 2. The molecule has 0 spiro atoms. The van der Waals surface area contributed by atoms with Gasteiger partial charge in [0.05, 0.1) is 28.0 Å². The molecule has 3 atom stereocenters. The highest BCUT2D eigenvalue weighted by Crippen LogP contribution is 2.34. The fourth-order valence-electron chi connectivity index (χ4n) is 8.52. The molecule has 3 fully saturated rings. The lowest BCUT2D eigenvalue weighted by Crippen LogP contribution is -2.58. The van der Waals surface area contributed by atoms with Crippen LogP contribution in [0.2, 0.25) is 5.02 Å². The standard InChI is InChI=1S/C41H45ClN10O5S/c1-22-6-5-7-30(42)36(22)48-38(55)32-18-43-41(58-32)46-33-17-34(45-25(4)44-33)49-14-12-26(13-15-49)21-51-23(2)19-50(20-24(51)3)27-8-9-28-29(16-27)40(57)52(39(28)56)31-10-11-35(53)47-37(31)54/h5-9,16-18,23-24,26,31H,10-15,19-21H2,1-4H3,(H,48,55)(H,47,53,54)(H,43,44,45,46). The molecular formula is C41H45ClN10O5S. The van der Waals surface area contributed by atoms with Gasteiger partial charge in [0.1, 0.15) is 28.4 Å². The molecule has 0 bridgehead atoms. The van der Waals surface area contributed by atoms with Crippen molar-refractivity contribution in [2.45, 2.75) is 71.5 Å². The van der Waals surface area contributed by atoms with Gasteiger partial charge in [0.2, 0.25) is 11.8 Å². The van der Waals surface area contributed by atoms with Crippen molar-refractivity contribution in [3.8, 4) is 0 Å². The highest BCUT2D eigenvalue weighted by atomic mass is 35.5. The Hall–Kier alpha value is -5.45. The second-order valence-electron chi connectivity index (χ2n) is 15.6. The van der Waals surface area contributed by atoms with Crippen molar-refractivity contribution in [2.75, 3.05) is 53.2 Å². The number of carbonyl (C=O) groups excluding carboxylic acids is 5. The molecule has 3 saturated heterocycles. The second-order valence-corrected chi connectivity index (χ2v) is 17.0. The van der Waals surface area contributed by atoms with Crippen molar-refractivity contribution in [3.63, 3.8) is 0 Å². The summed E-state index contributed by atoms with van der Waals surface area (Å²) in [4.78, 5) is 86.2. The number of rotatable bonds is 9. The minimum absolute atomic E-state index is 0.0846. The van der Waals surface area contributed by atoms with Crippen molar-refractivity contribution < 1.29 is 24.0 Å². The summed E-state index contributed by atoms with van der Waals surface area (Å²) in [7, 11) is 0. The van der Waals surface area contributed by atoms with Crippen LogP contribution in [-0.4, -0.2) is 105 Å². The van der Waals surface area contributed by atoms with E-state index in [4.69, 9.17) is 16.6 Å². The summed E-state index contributed by atoms with van der Waals surface area (Å²) in [6, 6.07) is 12.3. The Kier molecular flexibility index (Phi) is 10.9. The molecule has 17 heteroatoms. The van der Waals surface area contributed by atoms with E-state index in [1.165, 1.54) is 17.5 Å². The van der Waals surface area contributed by atoms with Crippen LogP contribution in [0.1, 0.15) is 81.3 Å². The first kappa shape index (κ1) is 39.4. The Bertz CT molecular complexity index is 2280. The van der Waals surface area contributed by atoms with Crippen LogP contribution in [0.3, 0.4) is 0 Å². The number of imide groups is 2. The Morgan fingerprint density at radius 3 is 2.40 bits per heavy atom. The number of piperidine rings is 2. The zero-order valence-corrected chi connectivity index (χ0v) is 34.3. The van der Waals surface area contributed by atoms with Crippen molar-refractivity contribution in [3.05, 3.63) is 81.1 Å². The number of hydrogen-bond donors (Lipinski definition) is 3. The van der Waals surface area contributed by atoms with E-state index < -0.39 is 29.7 Å². The molecule has 0 radical (unpaired) electrons. The predicted octanol–water partition coefficient (Wildman–Crippen LogP) is 5.42. The Morgan fingerprint density at radius 1 is 0.931 bits per heavy atom. The smallest absolute Gasteiger partial charge is 0.267 e. The van der Waals surface area contributed by atoms with Crippen molar-refractivity contribution >= 4 is 80.6 Å². The number of halogens is 1. The number of nitrogens with one attached hydrogen (secondary N) is 3. The zero-order valence-electron chi connectivity index (χ0n) is 32.8. The number of thiazole rings is 1. The fourth-order valence-corrected chi connectivity index (χ4v) is 9.50. The van der Waals surface area contributed by atoms with E-state index in [0.717, 1.165) is 67.5 Å². The number of benzene rings is 2. The largest absolute Gasteiger partial charge is 0.368 e. The maximum absolute atomic E-state index is 13.5. The van der Waals surface area contributed by atoms with Gasteiger partial charge in [-0.05, 0) is 82.7 Å². The summed E-state index contributed by atoms with van der Waals surface area (Å²) in [5.74, 6) is 0.330. The quantitative estimate of drug-likeness (QED) is 0.184. The first-order chi connectivity index (χ1) is 27.8. The first-order valence-electron chi connectivity index (χ1n) is 19.6. The third-order valence-corrected chi connectivity index (χ3v) is 12.8. The van der Waals surface area contributed by atoms with Gasteiger partial charge in [0.15, 0.2) is 5.13 Å². The van der Waals surface area contributed by atoms with Gasteiger partial charge in [-0.25, -0.2) is 15.0 Å². The van der Waals surface area contributed by atoms with Crippen LogP contribution < -0.4 is 25.8 Å². The molecule has 4 aliphatic rings. The molecule has 2 aromatic heterocycles. The second kappa shape index (κ2) is 16.1. The lowest BCUT2D eigenvalue weighted by atomic mass is 9.94. The zero-order chi connectivity index (χ0) is 40.8. The van der Waals surface area contributed by atoms with Gasteiger partial charge in [-0.3, -0.25) is 39.1 Å². The molecule has 3 N–H and O–H groups in total. The monoisotopic (exact) mass is 824 g/mol. The number of anilines is 5. The molecule has 58 heavy (non-hydrogen) atoms. The molecule has 0 saturated carbocycles. The van der Waals surface area contributed by atoms with Gasteiger partial charge < -0.3 is 20.4 Å². The Morgan fingerprint density at radius 2 is 1.67 bits per heavy atom. The average Bonchev–Trinajstić information content (AvgIpc) is 3.76. The molecule has 3 unspecified atom stereocenters. The van der Waals surface area contributed by atoms with Gasteiger partial charge >= 0.3 is 0 Å². The van der Waals surface area contributed by atoms with E-state index in [0.29, 0.717) is 43.8 Å². The van der Waals surface area contributed by atoms with Crippen LogP contribution in [0, 0.1) is 19.8 Å². The Labute approximate surface area is 345 Å². The minimum Gasteiger partial charge on any atom is -0.368 e. The summed E-state index contributed by atoms with van der Waals surface area (Å²) in [5.41, 5.74) is 2.91. The van der Waals surface area contributed by atoms with Gasteiger partial charge in [0, 0.05) is 63.0 Å². The van der Waals surface area contributed by atoms with E-state index >= 15 is 0 Å². The molecule has 4 aromatic rings. The van der Waals surface area contributed by atoms with Crippen molar-refractivity contribution in [1.82, 2.24) is 30.1 Å². The molecule has 2 aromatic carbocycles. The molecule has 5 amide bonds. The molecule has 15 nitrogen and oxygen atoms in total. The van der Waals surface area contributed by atoms with Crippen LogP contribution >= 0.6 is 22.9 Å². The van der Waals surface area contributed by atoms with Crippen molar-refractivity contribution in [2.24, 2.45) is 5.92 Å². The highest BCUT2D eigenvalue weighted by molar-refractivity contribution is 7.17. The number of para-hydroxylation sites is 1. The summed E-state index contributed by atoms with van der Waals surface area (Å²) >= 11 is 7.54. The maximum atomic E-state index is 13.5. The third kappa shape index (κ3) is 7.87. The van der Waals surface area contributed by atoms with E-state index in [9.17, 15) is 24.0 Å². The minimum atomic E-state index is -0.986. The summed E-state index contributed by atoms with van der Waals surface area (Å²) in [6.07, 6.45) is 3.79. The number of nitrogens with zero attached hydrogens (tertiary/aromatic N) is 7. The van der Waals surface area contributed by atoms with Crippen LogP contribution in [0.5, 0.6) is 0 Å². The SMILES string of the molecule is Cc1nc(Nc2ncc(C(=O)Nc3c(C)cccc3Cl)s2)cc(N2CCC(CN3C(C)CN(c4ccc5c(c4)C(=O)N(C4CCC(=O)NC4=O)C5=O)CC3C)CC2)n1. The summed E-state index contributed by atoms with van der Waals surface area (Å²) in [5, 5.41) is 9.43. The van der Waals surface area contributed by atoms with Crippen molar-refractivity contribution in [1.29, 1.82) is 0 Å². The first-order valence-corrected chi connectivity index (χ1v) is 20.8. The van der Waals surface area contributed by atoms with E-state index in [-0.39, 0.29) is 36.4 Å². The number of carbonyl (C=O) groups is 5. The normalized spacial score (nSPS) is 21.7. The van der Waals surface area contributed by atoms with Crippen LogP contribution in [0.25, 0.3) is 0 Å². The number of amides is 5. The van der Waals surface area contributed by atoms with Gasteiger partial charge in [-0.1, -0.05) is 35.1 Å². The molecule has 4 aliphatic heterocycles. The molecule has 6 heterocycles. The summed E-state index contributed by atoms with van der Waals surface area (Å²) < 4.78 is 0. The lowest BCUT2D eigenvalue weighted by molar-refractivity contribution is -0.136. The predicted molar refractivity (Wildman–Crippen MR) is 222 cm³/mol. The van der Waals surface area contributed by atoms with Crippen LogP contribution in [-0.2, 0) is 9.59 Å². The highest BCUT2D eigenvalue weighted by Gasteiger charge is 2.45. The number of aromatic nitrogens is 3. The van der Waals surface area contributed by atoms with E-state index in [1.807, 2.05) is 38.1 Å². The molecule has 8 rings (SSSR count). The van der Waals surface area contributed by atoms with Crippen LogP contribution in [0.15, 0.2) is 48.7 Å². The number of piperazine rings is 1. The summed E-state index contributed by atoms with van der Waals surface area (Å²) in [6.45, 7) is 12.5. The number of hydrogen-bond acceptors (Lipinski definition) is 13. The number of fused-ring (bicyclic) bond motifs is 1. The topological polar surface area (TPSA) is 173 Å². The van der Waals surface area contributed by atoms with E-state index in [2.05, 4.69) is 54.5 Å². The fraction of sp³-hybridized carbons (Fsp3) is 0.415. The Balaban J connectivity index is 0.848. The lowest BCUT2D eigenvalue weighted by Gasteiger charge is -2.47. The molecule has 0 aliphatic carbocycles. The third-order valence-electron chi connectivity index (χ3n) is 11.5. The average molecular weight is 825 g/mol. The molecular weight excluding hydrogens is 780 g/mol. The van der Waals surface area contributed by atoms with Gasteiger partial charge in [-0.2, -0.15) is 0 Å².